The second-order valence-corrected chi connectivity index (χ2v) is 7.49. The monoisotopic (exact) mass is 390 g/mol. The topological polar surface area (TPSA) is 65.6 Å². The summed E-state index contributed by atoms with van der Waals surface area (Å²) in [6.45, 7) is 3.24. The van der Waals surface area contributed by atoms with Gasteiger partial charge in [0.25, 0.3) is 0 Å². The number of rotatable bonds is 7. The van der Waals surface area contributed by atoms with Gasteiger partial charge in [0.2, 0.25) is 0 Å². The van der Waals surface area contributed by atoms with Gasteiger partial charge < -0.3 is 14.8 Å². The molecule has 0 saturated heterocycles. The molecule has 2 heterocycles. The molecule has 2 aromatic carbocycles. The van der Waals surface area contributed by atoms with Gasteiger partial charge in [-0.05, 0) is 67.1 Å². The number of nitrogens with zero attached hydrogens (tertiary/aromatic N) is 1. The lowest BCUT2D eigenvalue weighted by Gasteiger charge is -2.26. The fourth-order valence-corrected chi connectivity index (χ4v) is 4.01. The molecule has 1 aliphatic rings. The van der Waals surface area contributed by atoms with Gasteiger partial charge in [0.05, 0.1) is 0 Å². The summed E-state index contributed by atoms with van der Waals surface area (Å²) >= 11 is 0. The molecule has 150 valence electrons. The largest absolute Gasteiger partial charge is 0.511 e. The molecule has 0 aliphatic carbocycles. The third-order valence-electron chi connectivity index (χ3n) is 5.55. The van der Waals surface area contributed by atoms with Crippen molar-refractivity contribution in [3.8, 4) is 5.75 Å². The standard InChI is InChI=1S/C24H26N2O3/c27-24(28)29-21-9-10-23-22(16-21)20(17-25-23)8-4-5-13-26-14-11-19(12-15-26)18-6-2-1-3-7-18/h1-3,6-7,9-11,16-17,25H,4-5,8,12-15H2,(H,27,28). The average molecular weight is 390 g/mol. The number of fused-ring (bicyclic) bond motifs is 1. The molecule has 1 aromatic heterocycles. The van der Waals surface area contributed by atoms with Crippen LogP contribution in [0.3, 0.4) is 0 Å². The number of H-pyrrole nitrogens is 1. The van der Waals surface area contributed by atoms with E-state index in [0.717, 1.165) is 56.2 Å². The normalized spacial score (nSPS) is 14.7. The zero-order valence-electron chi connectivity index (χ0n) is 16.4. The minimum Gasteiger partial charge on any atom is -0.449 e. The number of unbranched alkanes of at least 4 members (excludes halogenated alkanes) is 1. The molecule has 0 fully saturated rings. The second kappa shape index (κ2) is 8.97. The summed E-state index contributed by atoms with van der Waals surface area (Å²) < 4.78 is 4.78. The highest BCUT2D eigenvalue weighted by molar-refractivity contribution is 5.85. The van der Waals surface area contributed by atoms with Gasteiger partial charge >= 0.3 is 6.16 Å². The summed E-state index contributed by atoms with van der Waals surface area (Å²) in [5.41, 5.74) is 5.02. The third-order valence-corrected chi connectivity index (χ3v) is 5.55. The van der Waals surface area contributed by atoms with E-state index in [0.29, 0.717) is 5.75 Å². The second-order valence-electron chi connectivity index (χ2n) is 7.49. The highest BCUT2D eigenvalue weighted by atomic mass is 16.7. The van der Waals surface area contributed by atoms with Crippen molar-refractivity contribution in [2.24, 2.45) is 0 Å². The minimum absolute atomic E-state index is 0.361. The van der Waals surface area contributed by atoms with E-state index in [1.165, 1.54) is 16.7 Å². The first-order valence-corrected chi connectivity index (χ1v) is 10.2. The lowest BCUT2D eigenvalue weighted by atomic mass is 9.99. The molecule has 1 aliphatic heterocycles. The summed E-state index contributed by atoms with van der Waals surface area (Å²) in [5.74, 6) is 0.361. The third kappa shape index (κ3) is 4.87. The van der Waals surface area contributed by atoms with Crippen molar-refractivity contribution in [3.63, 3.8) is 0 Å². The molecule has 0 radical (unpaired) electrons. The Kier molecular flexibility index (Phi) is 5.96. The van der Waals surface area contributed by atoms with Gasteiger partial charge in [0, 0.05) is 30.2 Å². The van der Waals surface area contributed by atoms with Crippen LogP contribution in [0.5, 0.6) is 5.75 Å². The average Bonchev–Trinajstić information content (AvgIpc) is 3.14. The maximum Gasteiger partial charge on any atom is 0.511 e. The predicted molar refractivity (Wildman–Crippen MR) is 115 cm³/mol. The Morgan fingerprint density at radius 3 is 2.76 bits per heavy atom. The van der Waals surface area contributed by atoms with Crippen LogP contribution in [0.15, 0.2) is 60.8 Å². The molecule has 0 saturated carbocycles. The van der Waals surface area contributed by atoms with E-state index in [-0.39, 0.29) is 0 Å². The lowest BCUT2D eigenvalue weighted by Crippen LogP contribution is -2.29. The van der Waals surface area contributed by atoms with Gasteiger partial charge in [-0.2, -0.15) is 0 Å². The van der Waals surface area contributed by atoms with Gasteiger partial charge in [-0.25, -0.2) is 4.79 Å². The molecule has 5 heteroatoms. The maximum absolute atomic E-state index is 10.8. The number of benzene rings is 2. The first-order valence-electron chi connectivity index (χ1n) is 10.2. The van der Waals surface area contributed by atoms with Crippen molar-refractivity contribution in [1.82, 2.24) is 9.88 Å². The fourth-order valence-electron chi connectivity index (χ4n) is 4.01. The summed E-state index contributed by atoms with van der Waals surface area (Å²) in [6, 6.07) is 16.0. The number of aromatic amines is 1. The Morgan fingerprint density at radius 2 is 2.00 bits per heavy atom. The van der Waals surface area contributed by atoms with Crippen LogP contribution >= 0.6 is 0 Å². The number of carboxylic acid groups (broad SMARTS) is 1. The number of aromatic nitrogens is 1. The van der Waals surface area contributed by atoms with E-state index < -0.39 is 6.16 Å². The SMILES string of the molecule is O=C(O)Oc1ccc2[nH]cc(CCCCN3CC=C(c4ccccc4)CC3)c2c1. The molecule has 0 spiro atoms. The minimum atomic E-state index is -1.28. The first kappa shape index (κ1) is 19.3. The molecule has 3 aromatic rings. The van der Waals surface area contributed by atoms with Crippen molar-refractivity contribution < 1.29 is 14.6 Å². The van der Waals surface area contributed by atoms with E-state index in [1.807, 2.05) is 12.3 Å². The number of nitrogens with one attached hydrogen (secondary N) is 1. The van der Waals surface area contributed by atoms with E-state index in [1.54, 1.807) is 12.1 Å². The molecule has 2 N–H and O–H groups in total. The van der Waals surface area contributed by atoms with Crippen molar-refractivity contribution in [3.05, 3.63) is 71.9 Å². The van der Waals surface area contributed by atoms with Gasteiger partial charge in [0.1, 0.15) is 5.75 Å². The van der Waals surface area contributed by atoms with Crippen LogP contribution in [0.1, 0.15) is 30.4 Å². The quantitative estimate of drug-likeness (QED) is 0.325. The molecular formula is C24H26N2O3. The molecule has 4 rings (SSSR count). The molecule has 29 heavy (non-hydrogen) atoms. The first-order chi connectivity index (χ1) is 14.2. The summed E-state index contributed by atoms with van der Waals surface area (Å²) in [7, 11) is 0. The van der Waals surface area contributed by atoms with Crippen LogP contribution in [0.25, 0.3) is 16.5 Å². The number of hydrogen-bond acceptors (Lipinski definition) is 3. The predicted octanol–water partition coefficient (Wildman–Crippen LogP) is 5.34. The van der Waals surface area contributed by atoms with Crippen LogP contribution < -0.4 is 4.74 Å². The highest BCUT2D eigenvalue weighted by Gasteiger charge is 2.13. The van der Waals surface area contributed by atoms with E-state index in [9.17, 15) is 4.79 Å². The summed E-state index contributed by atoms with van der Waals surface area (Å²) in [6.07, 6.45) is 7.42. The Hall–Kier alpha value is -3.05. The van der Waals surface area contributed by atoms with E-state index >= 15 is 0 Å². The molecule has 0 unspecified atom stereocenters. The van der Waals surface area contributed by atoms with E-state index in [2.05, 4.69) is 46.3 Å². The molecular weight excluding hydrogens is 364 g/mol. The molecule has 0 bridgehead atoms. The van der Waals surface area contributed by atoms with Crippen molar-refractivity contribution in [2.45, 2.75) is 25.7 Å². The fraction of sp³-hybridized carbons (Fsp3) is 0.292. The number of carbonyl (C=O) groups is 1. The van der Waals surface area contributed by atoms with Gasteiger partial charge in [0.15, 0.2) is 0 Å². The van der Waals surface area contributed by atoms with Crippen LogP contribution in [0, 0.1) is 0 Å². The summed E-state index contributed by atoms with van der Waals surface area (Å²) in [5, 5.41) is 9.84. The van der Waals surface area contributed by atoms with Crippen LogP contribution in [0.4, 0.5) is 4.79 Å². The Labute approximate surface area is 170 Å². The molecule has 0 atom stereocenters. The number of aryl methyl sites for hydroxylation is 1. The number of hydrogen-bond donors (Lipinski definition) is 2. The smallest absolute Gasteiger partial charge is 0.449 e. The summed E-state index contributed by atoms with van der Waals surface area (Å²) in [4.78, 5) is 16.5. The Balaban J connectivity index is 1.27. The maximum atomic E-state index is 10.8. The van der Waals surface area contributed by atoms with Gasteiger partial charge in [-0.1, -0.05) is 36.4 Å². The lowest BCUT2D eigenvalue weighted by molar-refractivity contribution is 0.144. The van der Waals surface area contributed by atoms with Crippen molar-refractivity contribution in [1.29, 1.82) is 0 Å². The van der Waals surface area contributed by atoms with Crippen LogP contribution in [0.2, 0.25) is 0 Å². The van der Waals surface area contributed by atoms with Crippen molar-refractivity contribution in [2.75, 3.05) is 19.6 Å². The zero-order valence-corrected chi connectivity index (χ0v) is 16.4. The van der Waals surface area contributed by atoms with Crippen LogP contribution in [-0.2, 0) is 6.42 Å². The molecule has 5 nitrogen and oxygen atoms in total. The zero-order chi connectivity index (χ0) is 20.1. The molecule has 0 amide bonds. The highest BCUT2D eigenvalue weighted by Crippen LogP contribution is 2.26. The Morgan fingerprint density at radius 1 is 1.14 bits per heavy atom. The van der Waals surface area contributed by atoms with Gasteiger partial charge in [-0.3, -0.25) is 4.90 Å². The number of ether oxygens (including phenoxy) is 1. The van der Waals surface area contributed by atoms with E-state index in [4.69, 9.17) is 9.84 Å². The Bertz CT molecular complexity index is 1010. The van der Waals surface area contributed by atoms with Gasteiger partial charge in [-0.15, -0.1) is 0 Å². The van der Waals surface area contributed by atoms with Crippen LogP contribution in [-0.4, -0.2) is 40.8 Å². The van der Waals surface area contributed by atoms with Crippen molar-refractivity contribution >= 4 is 22.6 Å².